The van der Waals surface area contributed by atoms with Gasteiger partial charge in [-0.1, -0.05) is 20.4 Å². The number of hydrogen-bond acceptors (Lipinski definition) is 2. The van der Waals surface area contributed by atoms with Gasteiger partial charge in [-0.25, -0.2) is 4.79 Å². The molecule has 0 aromatic rings. The summed E-state index contributed by atoms with van der Waals surface area (Å²) in [6.07, 6.45) is 0. The van der Waals surface area contributed by atoms with Gasteiger partial charge < -0.3 is 10.0 Å². The Morgan fingerprint density at radius 2 is 1.83 bits per heavy atom. The predicted octanol–water partition coefficient (Wildman–Crippen LogP) is 1.21. The minimum Gasteiger partial charge on any atom is -0.478 e. The van der Waals surface area contributed by atoms with Crippen LogP contribution in [0, 0.1) is 5.92 Å². The molecule has 0 heterocycles. The molecule has 0 aliphatic rings. The van der Waals surface area contributed by atoms with Crippen molar-refractivity contribution >= 4 is 5.97 Å². The molecule has 0 aliphatic carbocycles. The lowest BCUT2D eigenvalue weighted by atomic mass is 9.96. The van der Waals surface area contributed by atoms with Crippen LogP contribution in [-0.2, 0) is 4.79 Å². The number of aliphatic carboxylic acids is 1. The van der Waals surface area contributed by atoms with Crippen LogP contribution in [0.4, 0.5) is 0 Å². The first-order chi connectivity index (χ1) is 5.37. The van der Waals surface area contributed by atoms with E-state index in [1.54, 1.807) is 0 Å². The Morgan fingerprint density at radius 1 is 1.42 bits per heavy atom. The van der Waals surface area contributed by atoms with Crippen molar-refractivity contribution in [3.8, 4) is 0 Å². The maximum absolute atomic E-state index is 10.6. The fraction of sp³-hybridized carbons (Fsp3) is 0.667. The lowest BCUT2D eigenvalue weighted by molar-refractivity contribution is -0.133. The molecule has 0 aromatic heterocycles. The first-order valence-corrected chi connectivity index (χ1v) is 3.96. The first kappa shape index (κ1) is 11.2. The van der Waals surface area contributed by atoms with Crippen molar-refractivity contribution in [3.05, 3.63) is 12.2 Å². The molecule has 0 saturated heterocycles. The molecule has 12 heavy (non-hydrogen) atoms. The minimum atomic E-state index is -0.914. The fourth-order valence-corrected chi connectivity index (χ4v) is 1.44. The Hall–Kier alpha value is -0.830. The molecule has 0 saturated carbocycles. The van der Waals surface area contributed by atoms with Gasteiger partial charge in [0, 0.05) is 11.6 Å². The molecule has 0 bridgehead atoms. The number of likely N-dealkylation sites (N-methyl/N-ethyl adjacent to an activating group) is 1. The normalized spacial score (nSPS) is 13.5. The van der Waals surface area contributed by atoms with Gasteiger partial charge in [0.1, 0.15) is 0 Å². The van der Waals surface area contributed by atoms with Crippen LogP contribution in [0.25, 0.3) is 0 Å². The number of carboxylic acids is 1. The van der Waals surface area contributed by atoms with E-state index in [2.05, 4.69) is 6.58 Å². The molecule has 3 heteroatoms. The number of rotatable bonds is 4. The molecule has 0 amide bonds. The molecular formula is C9H17NO2. The second kappa shape index (κ2) is 4.26. The van der Waals surface area contributed by atoms with Gasteiger partial charge in [0.25, 0.3) is 0 Å². The molecule has 1 atom stereocenters. The topological polar surface area (TPSA) is 40.5 Å². The number of hydrogen-bond donors (Lipinski definition) is 1. The third-order valence-corrected chi connectivity index (χ3v) is 1.82. The summed E-state index contributed by atoms with van der Waals surface area (Å²) in [6, 6.07) is -0.0810. The number of carbonyl (C=O) groups is 1. The maximum Gasteiger partial charge on any atom is 0.332 e. The molecule has 1 N–H and O–H groups in total. The summed E-state index contributed by atoms with van der Waals surface area (Å²) in [5, 5.41) is 8.72. The Labute approximate surface area is 73.7 Å². The highest BCUT2D eigenvalue weighted by molar-refractivity contribution is 5.87. The molecule has 1 unspecified atom stereocenters. The van der Waals surface area contributed by atoms with Crippen molar-refractivity contribution in [1.29, 1.82) is 0 Å². The average Bonchev–Trinajstić information content (AvgIpc) is 1.85. The second-order valence-electron chi connectivity index (χ2n) is 3.48. The zero-order chi connectivity index (χ0) is 9.89. The zero-order valence-electron chi connectivity index (χ0n) is 8.16. The second-order valence-corrected chi connectivity index (χ2v) is 3.48. The summed E-state index contributed by atoms with van der Waals surface area (Å²) >= 11 is 0. The summed E-state index contributed by atoms with van der Waals surface area (Å²) in [5.41, 5.74) is 0.259. The molecule has 0 aliphatic heterocycles. The van der Waals surface area contributed by atoms with E-state index in [1.807, 2.05) is 32.8 Å². The van der Waals surface area contributed by atoms with E-state index in [-0.39, 0.29) is 17.5 Å². The Bertz CT molecular complexity index is 177. The highest BCUT2D eigenvalue weighted by Crippen LogP contribution is 2.15. The van der Waals surface area contributed by atoms with Crippen molar-refractivity contribution < 1.29 is 9.90 Å². The van der Waals surface area contributed by atoms with Gasteiger partial charge in [-0.15, -0.1) is 0 Å². The largest absolute Gasteiger partial charge is 0.478 e. The van der Waals surface area contributed by atoms with E-state index < -0.39 is 5.97 Å². The van der Waals surface area contributed by atoms with Crippen LogP contribution in [-0.4, -0.2) is 36.1 Å². The Balaban J connectivity index is 4.52. The van der Waals surface area contributed by atoms with Crippen LogP contribution < -0.4 is 0 Å². The van der Waals surface area contributed by atoms with Crippen LogP contribution in [0.15, 0.2) is 12.2 Å². The van der Waals surface area contributed by atoms with Crippen molar-refractivity contribution in [2.75, 3.05) is 14.1 Å². The number of nitrogens with zero attached hydrogens (tertiary/aromatic N) is 1. The number of carboxylic acid groups (broad SMARTS) is 1. The Morgan fingerprint density at radius 3 is 1.92 bits per heavy atom. The maximum atomic E-state index is 10.6. The van der Waals surface area contributed by atoms with Crippen LogP contribution in [0.2, 0.25) is 0 Å². The third kappa shape index (κ3) is 2.66. The summed E-state index contributed by atoms with van der Waals surface area (Å²) in [6.45, 7) is 7.53. The molecule has 0 aromatic carbocycles. The third-order valence-electron chi connectivity index (χ3n) is 1.82. The summed E-state index contributed by atoms with van der Waals surface area (Å²) in [7, 11) is 3.72. The fourth-order valence-electron chi connectivity index (χ4n) is 1.44. The van der Waals surface area contributed by atoms with Crippen LogP contribution >= 0.6 is 0 Å². The quantitative estimate of drug-likeness (QED) is 0.646. The summed E-state index contributed by atoms with van der Waals surface area (Å²) in [5.74, 6) is -0.647. The van der Waals surface area contributed by atoms with E-state index in [4.69, 9.17) is 5.11 Å². The van der Waals surface area contributed by atoms with Gasteiger partial charge in [-0.3, -0.25) is 0 Å². The van der Waals surface area contributed by atoms with Crippen molar-refractivity contribution in [2.45, 2.75) is 19.9 Å². The molecule has 0 fully saturated rings. The van der Waals surface area contributed by atoms with Crippen molar-refractivity contribution in [3.63, 3.8) is 0 Å². The lowest BCUT2D eigenvalue weighted by Crippen LogP contribution is -2.36. The van der Waals surface area contributed by atoms with Crippen LogP contribution in [0.5, 0.6) is 0 Å². The van der Waals surface area contributed by atoms with Crippen LogP contribution in [0.3, 0.4) is 0 Å². The van der Waals surface area contributed by atoms with Gasteiger partial charge in [0.05, 0.1) is 0 Å². The molecular weight excluding hydrogens is 154 g/mol. The lowest BCUT2D eigenvalue weighted by Gasteiger charge is -2.27. The molecule has 0 rings (SSSR count). The highest BCUT2D eigenvalue weighted by atomic mass is 16.4. The van der Waals surface area contributed by atoms with E-state index in [0.717, 1.165) is 0 Å². The summed E-state index contributed by atoms with van der Waals surface area (Å²) in [4.78, 5) is 12.5. The van der Waals surface area contributed by atoms with Gasteiger partial charge in [-0.05, 0) is 20.0 Å². The molecule has 3 nitrogen and oxygen atoms in total. The SMILES string of the molecule is C=C(C(=O)O)C(C(C)C)N(C)C. The standard InChI is InChI=1S/C9H17NO2/c1-6(2)8(10(4)5)7(3)9(11)12/h6,8H,3H2,1-2,4-5H3,(H,11,12). The van der Waals surface area contributed by atoms with E-state index in [9.17, 15) is 4.79 Å². The zero-order valence-corrected chi connectivity index (χ0v) is 8.16. The molecule has 70 valence electrons. The molecule has 0 radical (unpaired) electrons. The highest BCUT2D eigenvalue weighted by Gasteiger charge is 2.23. The molecule has 0 spiro atoms. The van der Waals surface area contributed by atoms with Gasteiger partial charge in [0.15, 0.2) is 0 Å². The van der Waals surface area contributed by atoms with E-state index in [1.165, 1.54) is 0 Å². The van der Waals surface area contributed by atoms with Gasteiger partial charge >= 0.3 is 5.97 Å². The Kier molecular flexibility index (Phi) is 3.96. The summed E-state index contributed by atoms with van der Waals surface area (Å²) < 4.78 is 0. The minimum absolute atomic E-state index is 0.0810. The van der Waals surface area contributed by atoms with Gasteiger partial charge in [0.2, 0.25) is 0 Å². The van der Waals surface area contributed by atoms with Crippen molar-refractivity contribution in [2.24, 2.45) is 5.92 Å². The van der Waals surface area contributed by atoms with E-state index in [0.29, 0.717) is 0 Å². The predicted molar refractivity (Wildman–Crippen MR) is 49.1 cm³/mol. The van der Waals surface area contributed by atoms with Gasteiger partial charge in [-0.2, -0.15) is 0 Å². The monoisotopic (exact) mass is 171 g/mol. The van der Waals surface area contributed by atoms with Crippen molar-refractivity contribution in [1.82, 2.24) is 4.90 Å². The van der Waals surface area contributed by atoms with E-state index >= 15 is 0 Å². The first-order valence-electron chi connectivity index (χ1n) is 3.96. The smallest absolute Gasteiger partial charge is 0.332 e. The van der Waals surface area contributed by atoms with Crippen LogP contribution in [0.1, 0.15) is 13.8 Å². The average molecular weight is 171 g/mol.